The number of hydrogen-bond donors (Lipinski definition) is 1. The predicted molar refractivity (Wildman–Crippen MR) is 46.4 cm³/mol. The van der Waals surface area contributed by atoms with Gasteiger partial charge < -0.3 is 0 Å². The zero-order valence-corrected chi connectivity index (χ0v) is 7.30. The van der Waals surface area contributed by atoms with Crippen molar-refractivity contribution in [2.24, 2.45) is 0 Å². The number of rotatable bonds is 4. The quantitative estimate of drug-likeness (QED) is 0.630. The first-order valence-electron chi connectivity index (χ1n) is 3.57. The van der Waals surface area contributed by atoms with Crippen molar-refractivity contribution in [1.29, 1.82) is 0 Å². The number of sulfonamides is 1. The second kappa shape index (κ2) is 3.31. The zero-order chi connectivity index (χ0) is 9.19. The van der Waals surface area contributed by atoms with Gasteiger partial charge in [-0.2, -0.15) is 0 Å². The molecule has 12 heavy (non-hydrogen) atoms. The summed E-state index contributed by atoms with van der Waals surface area (Å²) in [6.07, 6.45) is 1.30. The van der Waals surface area contributed by atoms with Crippen LogP contribution in [0.3, 0.4) is 0 Å². The summed E-state index contributed by atoms with van der Waals surface area (Å²) in [6.45, 7) is 3.28. The Bertz CT molecular complexity index is 294. The summed E-state index contributed by atoms with van der Waals surface area (Å²) in [4.78, 5) is 10.8. The molecule has 1 aliphatic carbocycles. The molecule has 0 saturated heterocycles. The van der Waals surface area contributed by atoms with Crippen molar-refractivity contribution in [2.45, 2.75) is 18.1 Å². The van der Waals surface area contributed by atoms with Crippen LogP contribution in [0.4, 0.5) is 4.79 Å². The van der Waals surface area contributed by atoms with Crippen LogP contribution in [0.5, 0.6) is 0 Å². The molecule has 0 unspecified atom stereocenters. The molecule has 1 fully saturated rings. The summed E-state index contributed by atoms with van der Waals surface area (Å²) in [5.41, 5.74) is 0. The van der Waals surface area contributed by atoms with Crippen LogP contribution >= 0.6 is 0 Å². The van der Waals surface area contributed by atoms with E-state index in [9.17, 15) is 13.2 Å². The Morgan fingerprint density at radius 3 is 2.58 bits per heavy atom. The molecule has 65 valence electrons. The summed E-state index contributed by atoms with van der Waals surface area (Å²) < 4.78 is 24.1. The molecule has 0 aromatic heterocycles. The molecule has 6 heteroatoms. The van der Waals surface area contributed by atoms with Crippen molar-refractivity contribution in [3.05, 3.63) is 12.6 Å². The average Bonchev–Trinajstić information content (AvgIpc) is 2.65. The fourth-order valence-electron chi connectivity index (χ4n) is 0.743. The van der Waals surface area contributed by atoms with E-state index in [-0.39, 0.29) is 5.25 Å². The van der Waals surface area contributed by atoms with Gasteiger partial charge in [-0.1, -0.05) is 0 Å². The van der Waals surface area contributed by atoms with E-state index in [1.807, 2.05) is 4.72 Å². The van der Waals surface area contributed by atoms with Crippen molar-refractivity contribution < 1.29 is 13.2 Å². The first-order chi connectivity index (χ1) is 5.56. The molecule has 1 amide bonds. The third-order valence-electron chi connectivity index (χ3n) is 1.48. The lowest BCUT2D eigenvalue weighted by molar-refractivity contribution is 0.263. The van der Waals surface area contributed by atoms with Gasteiger partial charge in [-0.3, -0.25) is 9.52 Å². The first kappa shape index (κ1) is 9.31. The second-order valence-electron chi connectivity index (χ2n) is 2.61. The Labute approximate surface area is 72.3 Å². The molecule has 1 radical (unpaired) electrons. The van der Waals surface area contributed by atoms with E-state index in [1.54, 1.807) is 0 Å². The van der Waals surface area contributed by atoms with Gasteiger partial charge in [-0.05, 0) is 12.8 Å². The number of nitrogens with one attached hydrogen (secondary N) is 1. The number of hydrogen-bond acceptors (Lipinski definition) is 3. The van der Waals surface area contributed by atoms with Gasteiger partial charge in [0.05, 0.1) is 5.25 Å². The van der Waals surface area contributed by atoms with Crippen LogP contribution in [0.15, 0.2) is 12.6 Å². The molecule has 0 heterocycles. The average molecular weight is 186 g/mol. The lowest BCUT2D eigenvalue weighted by Gasteiger charge is -2.02. The van der Waals surface area contributed by atoms with Crippen molar-refractivity contribution in [3.63, 3.8) is 0 Å². The summed E-state index contributed by atoms with van der Waals surface area (Å²) in [5.74, 6) is 0.620. The normalized spacial score (nSPS) is 16.7. The second-order valence-corrected chi connectivity index (χ2v) is 4.57. The van der Waals surface area contributed by atoms with Crippen LogP contribution < -0.4 is 4.72 Å². The Kier molecular flexibility index (Phi) is 2.57. The maximum absolute atomic E-state index is 11.1. The third-order valence-corrected chi connectivity index (χ3v) is 3.31. The van der Waals surface area contributed by atoms with Gasteiger partial charge in [0.15, 0.2) is 5.81 Å². The van der Waals surface area contributed by atoms with Gasteiger partial charge in [-0.25, -0.2) is 8.42 Å². The number of amides is 1. The molecular weight excluding hydrogens is 177 g/mol. The van der Waals surface area contributed by atoms with E-state index in [0.717, 1.165) is 7.28 Å². The standard InChI is InChI=1S/C6H9BNO3S/c1-2-7-6(9)8-12(10,11)5-3-4-5/h2,5H,1,3-4H2,(H,8,9). The van der Waals surface area contributed by atoms with Gasteiger partial charge in [0, 0.05) is 0 Å². The first-order valence-corrected chi connectivity index (χ1v) is 5.12. The maximum Gasteiger partial charge on any atom is 0.263 e. The minimum Gasteiger partial charge on any atom is -0.287 e. The highest BCUT2D eigenvalue weighted by molar-refractivity contribution is 7.91. The van der Waals surface area contributed by atoms with E-state index in [2.05, 4.69) is 6.58 Å². The molecule has 1 rings (SSSR count). The van der Waals surface area contributed by atoms with Gasteiger partial charge >= 0.3 is 0 Å². The number of carbonyl (C=O) groups is 1. The van der Waals surface area contributed by atoms with E-state index in [0.29, 0.717) is 12.8 Å². The van der Waals surface area contributed by atoms with Gasteiger partial charge in [0.2, 0.25) is 10.0 Å². The summed E-state index contributed by atoms with van der Waals surface area (Å²) >= 11 is 0. The van der Waals surface area contributed by atoms with E-state index >= 15 is 0 Å². The highest BCUT2D eigenvalue weighted by Crippen LogP contribution is 2.27. The highest BCUT2D eigenvalue weighted by atomic mass is 32.2. The molecule has 0 aromatic rings. The molecule has 0 aliphatic heterocycles. The van der Waals surface area contributed by atoms with Crippen LogP contribution in [0.25, 0.3) is 0 Å². The minimum atomic E-state index is -3.39. The fraction of sp³-hybridized carbons (Fsp3) is 0.500. The van der Waals surface area contributed by atoms with Crippen LogP contribution in [0.1, 0.15) is 12.8 Å². The largest absolute Gasteiger partial charge is 0.287 e. The lowest BCUT2D eigenvalue weighted by Crippen LogP contribution is -2.34. The summed E-state index contributed by atoms with van der Waals surface area (Å²) in [7, 11) is -2.30. The molecule has 4 nitrogen and oxygen atoms in total. The minimum absolute atomic E-state index is 0.361. The summed E-state index contributed by atoms with van der Waals surface area (Å²) in [5, 5.41) is -0.361. The number of carbonyl (C=O) groups excluding carboxylic acids is 1. The SMILES string of the molecule is C=C[B]C(=O)NS(=O)(=O)C1CC1. The topological polar surface area (TPSA) is 63.2 Å². The third kappa shape index (κ3) is 2.37. The molecule has 0 spiro atoms. The molecule has 0 bridgehead atoms. The Morgan fingerprint density at radius 1 is 1.58 bits per heavy atom. The maximum atomic E-state index is 11.1. The summed E-state index contributed by atoms with van der Waals surface area (Å²) in [6, 6.07) is 0. The lowest BCUT2D eigenvalue weighted by atomic mass is 9.79. The van der Waals surface area contributed by atoms with Crippen molar-refractivity contribution >= 4 is 23.1 Å². The van der Waals surface area contributed by atoms with Gasteiger partial charge in [-0.15, -0.1) is 12.6 Å². The molecule has 0 atom stereocenters. The van der Waals surface area contributed by atoms with Crippen LogP contribution in [0.2, 0.25) is 0 Å². The Morgan fingerprint density at radius 2 is 2.17 bits per heavy atom. The predicted octanol–water partition coefficient (Wildman–Crippen LogP) is 0.0359. The van der Waals surface area contributed by atoms with Crippen molar-refractivity contribution in [3.8, 4) is 0 Å². The fourth-order valence-corrected chi connectivity index (χ4v) is 2.01. The zero-order valence-electron chi connectivity index (χ0n) is 6.49. The Balaban J connectivity index is 2.49. The molecular formula is C6H9BNO3S. The smallest absolute Gasteiger partial charge is 0.263 e. The monoisotopic (exact) mass is 186 g/mol. The van der Waals surface area contributed by atoms with E-state index in [1.165, 1.54) is 5.98 Å². The van der Waals surface area contributed by atoms with Crippen LogP contribution in [-0.2, 0) is 10.0 Å². The Hall–Kier alpha value is -0.775. The molecule has 0 aromatic carbocycles. The molecule has 1 aliphatic rings. The van der Waals surface area contributed by atoms with Crippen molar-refractivity contribution in [2.75, 3.05) is 0 Å². The van der Waals surface area contributed by atoms with Gasteiger partial charge in [0.1, 0.15) is 0 Å². The molecule has 1 N–H and O–H groups in total. The molecule has 1 saturated carbocycles. The van der Waals surface area contributed by atoms with E-state index in [4.69, 9.17) is 0 Å². The highest BCUT2D eigenvalue weighted by Gasteiger charge is 2.36. The van der Waals surface area contributed by atoms with E-state index < -0.39 is 15.8 Å². The van der Waals surface area contributed by atoms with Gasteiger partial charge in [0.25, 0.3) is 7.28 Å². The van der Waals surface area contributed by atoms with Crippen molar-refractivity contribution in [1.82, 2.24) is 4.72 Å². The van der Waals surface area contributed by atoms with Crippen LogP contribution in [-0.4, -0.2) is 26.8 Å². The van der Waals surface area contributed by atoms with Crippen LogP contribution in [0, 0.1) is 0 Å².